The van der Waals surface area contributed by atoms with Gasteiger partial charge in [-0.3, -0.25) is 14.5 Å². The molecule has 0 spiro atoms. The molecular weight excluding hydrogens is 456 g/mol. The van der Waals surface area contributed by atoms with E-state index in [1.807, 2.05) is 84.8 Å². The van der Waals surface area contributed by atoms with Gasteiger partial charge in [-0.2, -0.15) is 0 Å². The third-order valence-electron chi connectivity index (χ3n) is 6.49. The maximum atomic E-state index is 13.6. The van der Waals surface area contributed by atoms with Crippen LogP contribution in [0.1, 0.15) is 21.5 Å². The molecule has 0 bridgehead atoms. The smallest absolute Gasteiger partial charge is 0.254 e. The molecule has 4 aromatic rings. The van der Waals surface area contributed by atoms with Crippen LogP contribution in [0, 0.1) is 13.8 Å². The fourth-order valence-corrected chi connectivity index (χ4v) is 5.26. The molecule has 35 heavy (non-hydrogen) atoms. The Morgan fingerprint density at radius 1 is 0.943 bits per heavy atom. The minimum atomic E-state index is -0.0251. The number of hydrogen-bond acceptors (Lipinski definition) is 5. The molecule has 0 aliphatic carbocycles. The van der Waals surface area contributed by atoms with Crippen molar-refractivity contribution in [2.45, 2.75) is 13.8 Å². The van der Waals surface area contributed by atoms with Gasteiger partial charge in [0.1, 0.15) is 0 Å². The predicted molar refractivity (Wildman–Crippen MR) is 142 cm³/mol. The van der Waals surface area contributed by atoms with Crippen molar-refractivity contribution >= 4 is 39.7 Å². The number of benzene rings is 2. The molecule has 3 heterocycles. The number of amides is 2. The normalized spacial score (nSPS) is 14.3. The van der Waals surface area contributed by atoms with Gasteiger partial charge in [0, 0.05) is 37.3 Å². The first kappa shape index (κ1) is 23.2. The molecule has 0 saturated carbocycles. The van der Waals surface area contributed by atoms with Crippen molar-refractivity contribution in [1.82, 2.24) is 14.8 Å². The average Bonchev–Trinajstić information content (AvgIpc) is 3.41. The lowest BCUT2D eigenvalue weighted by Crippen LogP contribution is -2.50. The van der Waals surface area contributed by atoms with Crippen LogP contribution in [0.2, 0.25) is 0 Å². The average molecular weight is 485 g/mol. The molecule has 0 unspecified atom stereocenters. The highest BCUT2D eigenvalue weighted by molar-refractivity contribution is 7.13. The Balaban J connectivity index is 1.27. The molecule has 6 nitrogen and oxygen atoms in total. The summed E-state index contributed by atoms with van der Waals surface area (Å²) in [6, 6.07) is 19.7. The molecule has 2 amide bonds. The summed E-state index contributed by atoms with van der Waals surface area (Å²) in [5.41, 5.74) is 5.32. The Kier molecular flexibility index (Phi) is 6.61. The minimum absolute atomic E-state index is 0.0149. The second-order valence-corrected chi connectivity index (χ2v) is 9.88. The molecule has 2 aromatic carbocycles. The molecule has 5 rings (SSSR count). The van der Waals surface area contributed by atoms with Crippen molar-refractivity contribution in [1.29, 1.82) is 0 Å². The topological polar surface area (TPSA) is 65.5 Å². The summed E-state index contributed by atoms with van der Waals surface area (Å²) in [4.78, 5) is 36.1. The standard InChI is InChI=1S/C28H28N4O2S/c1-19-7-5-8-20(2)27(19)30-26(33)18-31-12-14-32(15-13-31)28(34)22-17-24(25-11-6-16-35-25)29-23-10-4-3-9-21(22)23/h3-11,16-17H,12-15,18H2,1-2H3,(H,30,33). The summed E-state index contributed by atoms with van der Waals surface area (Å²) in [6.07, 6.45) is 0. The number of hydrogen-bond donors (Lipinski definition) is 1. The van der Waals surface area contributed by atoms with Crippen LogP contribution >= 0.6 is 11.3 Å². The van der Waals surface area contributed by atoms with Gasteiger partial charge >= 0.3 is 0 Å². The van der Waals surface area contributed by atoms with Crippen LogP contribution in [0.25, 0.3) is 21.5 Å². The fraction of sp³-hybridized carbons (Fsp3) is 0.250. The lowest BCUT2D eigenvalue weighted by molar-refractivity contribution is -0.117. The number of nitrogens with zero attached hydrogens (tertiary/aromatic N) is 3. The van der Waals surface area contributed by atoms with Crippen LogP contribution in [-0.4, -0.2) is 59.3 Å². The second kappa shape index (κ2) is 9.98. The number of fused-ring (bicyclic) bond motifs is 1. The first-order valence-corrected chi connectivity index (χ1v) is 12.7. The highest BCUT2D eigenvalue weighted by Gasteiger charge is 2.25. The van der Waals surface area contributed by atoms with Crippen molar-refractivity contribution in [3.63, 3.8) is 0 Å². The molecule has 7 heteroatoms. The van der Waals surface area contributed by atoms with Gasteiger partial charge in [-0.05, 0) is 48.6 Å². The minimum Gasteiger partial charge on any atom is -0.336 e. The number of pyridine rings is 1. The molecule has 0 atom stereocenters. The van der Waals surface area contributed by atoms with Crippen molar-refractivity contribution in [3.8, 4) is 10.6 Å². The third kappa shape index (κ3) is 4.97. The molecule has 1 fully saturated rings. The van der Waals surface area contributed by atoms with E-state index in [1.54, 1.807) is 11.3 Å². The van der Waals surface area contributed by atoms with Crippen LogP contribution in [0.5, 0.6) is 0 Å². The summed E-state index contributed by atoms with van der Waals surface area (Å²) in [5.74, 6) is -0.0102. The molecular formula is C28H28N4O2S. The van der Waals surface area contributed by atoms with Crippen LogP contribution in [0.3, 0.4) is 0 Å². The number of rotatable bonds is 5. The molecule has 178 valence electrons. The SMILES string of the molecule is Cc1cccc(C)c1NC(=O)CN1CCN(C(=O)c2cc(-c3cccs3)nc3ccccc23)CC1. The van der Waals surface area contributed by atoms with Gasteiger partial charge in [-0.25, -0.2) is 4.98 Å². The summed E-state index contributed by atoms with van der Waals surface area (Å²) < 4.78 is 0. The number of para-hydroxylation sites is 2. The predicted octanol–water partition coefficient (Wildman–Crippen LogP) is 4.98. The van der Waals surface area contributed by atoms with Gasteiger partial charge in [0.05, 0.1) is 28.2 Å². The number of piperazine rings is 1. The summed E-state index contributed by atoms with van der Waals surface area (Å²) in [5, 5.41) is 5.94. The zero-order valence-electron chi connectivity index (χ0n) is 20.0. The highest BCUT2D eigenvalue weighted by atomic mass is 32.1. The van der Waals surface area contributed by atoms with E-state index in [2.05, 4.69) is 10.2 Å². The molecule has 1 saturated heterocycles. The van der Waals surface area contributed by atoms with Crippen LogP contribution in [0.15, 0.2) is 66.0 Å². The summed E-state index contributed by atoms with van der Waals surface area (Å²) in [6.45, 7) is 6.80. The number of nitrogens with one attached hydrogen (secondary N) is 1. The van der Waals surface area contributed by atoms with E-state index in [9.17, 15) is 9.59 Å². The van der Waals surface area contributed by atoms with Gasteiger partial charge in [-0.15, -0.1) is 11.3 Å². The molecule has 0 radical (unpaired) electrons. The Morgan fingerprint density at radius 3 is 2.40 bits per heavy atom. The first-order valence-electron chi connectivity index (χ1n) is 11.8. The van der Waals surface area contributed by atoms with Crippen molar-refractivity contribution in [2.24, 2.45) is 0 Å². The Morgan fingerprint density at radius 2 is 1.69 bits per heavy atom. The van der Waals surface area contributed by atoms with E-state index < -0.39 is 0 Å². The summed E-state index contributed by atoms with van der Waals surface area (Å²) >= 11 is 1.62. The van der Waals surface area contributed by atoms with Gasteiger partial charge in [0.2, 0.25) is 5.91 Å². The van der Waals surface area contributed by atoms with Crippen molar-refractivity contribution in [3.05, 3.63) is 82.7 Å². The quantitative estimate of drug-likeness (QED) is 0.434. The van der Waals surface area contributed by atoms with Gasteiger partial charge in [0.25, 0.3) is 5.91 Å². The molecule has 1 N–H and O–H groups in total. The lowest BCUT2D eigenvalue weighted by Gasteiger charge is -2.34. The van der Waals surface area contributed by atoms with Gasteiger partial charge < -0.3 is 10.2 Å². The van der Waals surface area contributed by atoms with E-state index in [-0.39, 0.29) is 11.8 Å². The number of anilines is 1. The monoisotopic (exact) mass is 484 g/mol. The zero-order chi connectivity index (χ0) is 24.4. The summed E-state index contributed by atoms with van der Waals surface area (Å²) in [7, 11) is 0. The largest absolute Gasteiger partial charge is 0.336 e. The van der Waals surface area contributed by atoms with Gasteiger partial charge in [0.15, 0.2) is 0 Å². The number of aromatic nitrogens is 1. The van der Waals surface area contributed by atoms with E-state index in [4.69, 9.17) is 4.98 Å². The van der Waals surface area contributed by atoms with E-state index in [0.29, 0.717) is 38.3 Å². The van der Waals surface area contributed by atoms with E-state index in [1.165, 1.54) is 0 Å². The lowest BCUT2D eigenvalue weighted by atomic mass is 10.1. The Labute approximate surface area is 209 Å². The number of carbonyl (C=O) groups excluding carboxylic acids is 2. The van der Waals surface area contributed by atoms with Crippen molar-refractivity contribution in [2.75, 3.05) is 38.0 Å². The number of thiophene rings is 1. The first-order chi connectivity index (χ1) is 17.0. The zero-order valence-corrected chi connectivity index (χ0v) is 20.8. The third-order valence-corrected chi connectivity index (χ3v) is 7.38. The van der Waals surface area contributed by atoms with E-state index in [0.717, 1.165) is 38.3 Å². The molecule has 2 aromatic heterocycles. The second-order valence-electron chi connectivity index (χ2n) is 8.93. The highest BCUT2D eigenvalue weighted by Crippen LogP contribution is 2.29. The fourth-order valence-electron chi connectivity index (χ4n) is 4.58. The number of aryl methyl sites for hydroxylation is 2. The van der Waals surface area contributed by atoms with Crippen molar-refractivity contribution < 1.29 is 9.59 Å². The van der Waals surface area contributed by atoms with Crippen LogP contribution < -0.4 is 5.32 Å². The van der Waals surface area contributed by atoms with Crippen LogP contribution in [-0.2, 0) is 4.79 Å². The number of carbonyl (C=O) groups is 2. The van der Waals surface area contributed by atoms with Gasteiger partial charge in [-0.1, -0.05) is 42.5 Å². The van der Waals surface area contributed by atoms with Crippen LogP contribution in [0.4, 0.5) is 5.69 Å². The molecule has 1 aliphatic rings. The molecule has 1 aliphatic heterocycles. The maximum Gasteiger partial charge on any atom is 0.254 e. The van der Waals surface area contributed by atoms with E-state index >= 15 is 0 Å². The maximum absolute atomic E-state index is 13.6. The Hall–Kier alpha value is -3.55. The Bertz CT molecular complexity index is 1350.